The predicted octanol–water partition coefficient (Wildman–Crippen LogP) is 2.82. The summed E-state index contributed by atoms with van der Waals surface area (Å²) in [5, 5.41) is 0. The lowest BCUT2D eigenvalue weighted by molar-refractivity contribution is 0.634. The molecule has 0 amide bonds. The van der Waals surface area contributed by atoms with E-state index in [0.29, 0.717) is 11.3 Å². The second-order valence-electron chi connectivity index (χ2n) is 5.73. The van der Waals surface area contributed by atoms with E-state index in [-0.39, 0.29) is 0 Å². The summed E-state index contributed by atoms with van der Waals surface area (Å²) in [6, 6.07) is 4.28. The van der Waals surface area contributed by atoms with Crippen LogP contribution >= 0.6 is 11.8 Å². The average molecular weight is 279 g/mol. The number of rotatable bonds is 3. The van der Waals surface area contributed by atoms with Crippen molar-refractivity contribution < 1.29 is 0 Å². The summed E-state index contributed by atoms with van der Waals surface area (Å²) >= 11 is 2.07. The van der Waals surface area contributed by atoms with Crippen LogP contribution in [-0.4, -0.2) is 28.6 Å². The van der Waals surface area contributed by atoms with E-state index in [1.54, 1.807) is 0 Å². The zero-order valence-electron chi connectivity index (χ0n) is 12.3. The SMILES string of the molecule is CCc1cc(CN)cc(N2CCSC(C)(C)CC2)n1. The number of anilines is 1. The van der Waals surface area contributed by atoms with Crippen LogP contribution in [-0.2, 0) is 13.0 Å². The minimum absolute atomic E-state index is 0.383. The van der Waals surface area contributed by atoms with E-state index in [9.17, 15) is 0 Å². The molecule has 4 heteroatoms. The molecule has 0 aromatic carbocycles. The highest BCUT2D eigenvalue weighted by atomic mass is 32.2. The molecule has 0 aliphatic carbocycles. The number of pyridine rings is 1. The number of nitrogens with two attached hydrogens (primary N) is 1. The Kier molecular flexibility index (Phi) is 4.74. The topological polar surface area (TPSA) is 42.1 Å². The first-order valence-electron chi connectivity index (χ1n) is 7.13. The van der Waals surface area contributed by atoms with Crippen molar-refractivity contribution in [3.8, 4) is 0 Å². The van der Waals surface area contributed by atoms with Crippen LogP contribution in [0.1, 0.15) is 38.4 Å². The van der Waals surface area contributed by atoms with Gasteiger partial charge in [0.1, 0.15) is 5.82 Å². The Bertz CT molecular complexity index is 409. The van der Waals surface area contributed by atoms with Crippen LogP contribution in [0.15, 0.2) is 12.1 Å². The van der Waals surface area contributed by atoms with Gasteiger partial charge in [-0.25, -0.2) is 4.98 Å². The Morgan fingerprint density at radius 3 is 2.84 bits per heavy atom. The molecule has 0 unspecified atom stereocenters. The predicted molar refractivity (Wildman–Crippen MR) is 84.9 cm³/mol. The Morgan fingerprint density at radius 1 is 1.37 bits per heavy atom. The van der Waals surface area contributed by atoms with Crippen molar-refractivity contribution in [2.75, 3.05) is 23.7 Å². The number of aromatic nitrogens is 1. The Hall–Kier alpha value is -0.740. The van der Waals surface area contributed by atoms with Gasteiger partial charge in [0.2, 0.25) is 0 Å². The molecule has 1 saturated heterocycles. The normalized spacial score (nSPS) is 19.3. The van der Waals surface area contributed by atoms with E-state index in [0.717, 1.165) is 31.0 Å². The third-order valence-corrected chi connectivity index (χ3v) is 5.06. The maximum atomic E-state index is 5.80. The minimum atomic E-state index is 0.383. The molecule has 1 aliphatic heterocycles. The Balaban J connectivity index is 2.21. The highest BCUT2D eigenvalue weighted by Crippen LogP contribution is 2.32. The number of hydrogen-bond acceptors (Lipinski definition) is 4. The number of nitrogens with zero attached hydrogens (tertiary/aromatic N) is 2. The molecule has 0 atom stereocenters. The Labute approximate surface area is 121 Å². The van der Waals surface area contributed by atoms with Crippen LogP contribution in [0.3, 0.4) is 0 Å². The zero-order valence-corrected chi connectivity index (χ0v) is 13.1. The van der Waals surface area contributed by atoms with Crippen molar-refractivity contribution in [2.24, 2.45) is 5.73 Å². The van der Waals surface area contributed by atoms with Gasteiger partial charge in [-0.3, -0.25) is 0 Å². The molecule has 2 rings (SSSR count). The van der Waals surface area contributed by atoms with Crippen molar-refractivity contribution in [1.82, 2.24) is 4.98 Å². The molecular weight excluding hydrogens is 254 g/mol. The lowest BCUT2D eigenvalue weighted by Crippen LogP contribution is -2.28. The van der Waals surface area contributed by atoms with Crippen LogP contribution < -0.4 is 10.6 Å². The van der Waals surface area contributed by atoms with Crippen molar-refractivity contribution >= 4 is 17.6 Å². The van der Waals surface area contributed by atoms with E-state index < -0.39 is 0 Å². The summed E-state index contributed by atoms with van der Waals surface area (Å²) < 4.78 is 0.383. The van der Waals surface area contributed by atoms with Gasteiger partial charge in [-0.15, -0.1) is 0 Å². The van der Waals surface area contributed by atoms with Crippen LogP contribution in [0.5, 0.6) is 0 Å². The van der Waals surface area contributed by atoms with E-state index in [1.807, 2.05) is 0 Å². The Morgan fingerprint density at radius 2 is 2.16 bits per heavy atom. The van der Waals surface area contributed by atoms with Crippen molar-refractivity contribution in [1.29, 1.82) is 0 Å². The standard InChI is InChI=1S/C15H25N3S/c1-4-13-9-12(11-16)10-14(17-13)18-6-5-15(2,3)19-8-7-18/h9-10H,4-8,11,16H2,1-3H3. The summed E-state index contributed by atoms with van der Waals surface area (Å²) in [6.07, 6.45) is 2.17. The summed E-state index contributed by atoms with van der Waals surface area (Å²) in [4.78, 5) is 7.19. The molecule has 0 saturated carbocycles. The fourth-order valence-electron chi connectivity index (χ4n) is 2.34. The molecule has 0 spiro atoms. The molecule has 1 aromatic heterocycles. The number of thioether (sulfide) groups is 1. The van der Waals surface area contributed by atoms with Crippen LogP contribution in [0.25, 0.3) is 0 Å². The number of aryl methyl sites for hydroxylation is 1. The van der Waals surface area contributed by atoms with Gasteiger partial charge in [-0.05, 0) is 30.5 Å². The van der Waals surface area contributed by atoms with Crippen molar-refractivity contribution in [3.05, 3.63) is 23.4 Å². The van der Waals surface area contributed by atoms with Crippen molar-refractivity contribution in [3.63, 3.8) is 0 Å². The third-order valence-electron chi connectivity index (χ3n) is 3.68. The summed E-state index contributed by atoms with van der Waals surface area (Å²) in [5.41, 5.74) is 8.14. The smallest absolute Gasteiger partial charge is 0.129 e. The maximum absolute atomic E-state index is 5.80. The van der Waals surface area contributed by atoms with Gasteiger partial charge in [0.15, 0.2) is 0 Å². The van der Waals surface area contributed by atoms with Crippen LogP contribution in [0.4, 0.5) is 5.82 Å². The van der Waals surface area contributed by atoms with Crippen molar-refractivity contribution in [2.45, 2.75) is 44.9 Å². The third kappa shape index (κ3) is 3.86. The van der Waals surface area contributed by atoms with Gasteiger partial charge in [0, 0.05) is 35.8 Å². The second kappa shape index (κ2) is 6.14. The van der Waals surface area contributed by atoms with E-state index in [2.05, 4.69) is 49.6 Å². The molecule has 1 aromatic rings. The van der Waals surface area contributed by atoms with Gasteiger partial charge < -0.3 is 10.6 Å². The monoisotopic (exact) mass is 279 g/mol. The molecule has 1 aliphatic rings. The summed E-state index contributed by atoms with van der Waals surface area (Å²) in [5.74, 6) is 2.28. The van der Waals surface area contributed by atoms with Gasteiger partial charge in [0.05, 0.1) is 0 Å². The first kappa shape index (κ1) is 14.7. The molecule has 1 fully saturated rings. The summed E-state index contributed by atoms with van der Waals surface area (Å²) in [6.45, 7) is 9.58. The lowest BCUT2D eigenvalue weighted by Gasteiger charge is -2.24. The molecule has 106 valence electrons. The second-order valence-corrected chi connectivity index (χ2v) is 7.53. The van der Waals surface area contributed by atoms with Crippen LogP contribution in [0.2, 0.25) is 0 Å². The fraction of sp³-hybridized carbons (Fsp3) is 0.667. The summed E-state index contributed by atoms with van der Waals surface area (Å²) in [7, 11) is 0. The van der Waals surface area contributed by atoms with E-state index >= 15 is 0 Å². The van der Waals surface area contributed by atoms with E-state index in [1.165, 1.54) is 17.7 Å². The molecule has 0 radical (unpaired) electrons. The van der Waals surface area contributed by atoms with Gasteiger partial charge in [-0.1, -0.05) is 20.8 Å². The van der Waals surface area contributed by atoms with Crippen LogP contribution in [0, 0.1) is 0 Å². The molecular formula is C15H25N3S. The molecule has 19 heavy (non-hydrogen) atoms. The first-order chi connectivity index (χ1) is 9.04. The van der Waals surface area contributed by atoms with Gasteiger partial charge in [-0.2, -0.15) is 11.8 Å². The fourth-order valence-corrected chi connectivity index (χ4v) is 3.44. The number of hydrogen-bond donors (Lipinski definition) is 1. The highest BCUT2D eigenvalue weighted by Gasteiger charge is 2.24. The molecule has 2 N–H and O–H groups in total. The van der Waals surface area contributed by atoms with Gasteiger partial charge >= 0.3 is 0 Å². The van der Waals surface area contributed by atoms with E-state index in [4.69, 9.17) is 10.7 Å². The minimum Gasteiger partial charge on any atom is -0.356 e. The molecule has 3 nitrogen and oxygen atoms in total. The average Bonchev–Trinajstić information content (AvgIpc) is 2.59. The van der Waals surface area contributed by atoms with Gasteiger partial charge in [0.25, 0.3) is 0 Å². The first-order valence-corrected chi connectivity index (χ1v) is 8.11. The zero-order chi connectivity index (χ0) is 13.9. The largest absolute Gasteiger partial charge is 0.356 e. The molecule has 0 bridgehead atoms. The lowest BCUT2D eigenvalue weighted by atomic mass is 10.1. The highest BCUT2D eigenvalue weighted by molar-refractivity contribution is 8.00. The quantitative estimate of drug-likeness (QED) is 0.924. The molecule has 2 heterocycles. The maximum Gasteiger partial charge on any atom is 0.129 e.